The van der Waals surface area contributed by atoms with E-state index in [-0.39, 0.29) is 23.3 Å². The van der Waals surface area contributed by atoms with Crippen LogP contribution in [0.25, 0.3) is 0 Å². The predicted octanol–water partition coefficient (Wildman–Crippen LogP) is 5.21. The van der Waals surface area contributed by atoms with Gasteiger partial charge >= 0.3 is 6.16 Å². The highest BCUT2D eigenvalue weighted by Gasteiger charge is 2.18. The van der Waals surface area contributed by atoms with E-state index >= 15 is 0 Å². The van der Waals surface area contributed by atoms with Gasteiger partial charge < -0.3 is 19.2 Å². The summed E-state index contributed by atoms with van der Waals surface area (Å²) >= 11 is 0. The third-order valence-corrected chi connectivity index (χ3v) is 3.80. The summed E-state index contributed by atoms with van der Waals surface area (Å²) in [6.07, 6.45) is -0.899. The molecular weight excluding hydrogens is 340 g/mol. The first-order valence-corrected chi connectivity index (χ1v) is 8.16. The number of carbonyl (C=O) groups excluding carboxylic acids is 1. The Kier molecular flexibility index (Phi) is 6.43. The van der Waals surface area contributed by atoms with Crippen LogP contribution in [0, 0.1) is 0 Å². The third kappa shape index (κ3) is 4.65. The first-order valence-electron chi connectivity index (χ1n) is 8.16. The van der Waals surface area contributed by atoms with Gasteiger partial charge in [0.1, 0.15) is 11.5 Å². The van der Waals surface area contributed by atoms with Crippen LogP contribution in [0.1, 0.15) is 50.7 Å². The van der Waals surface area contributed by atoms with Crippen molar-refractivity contribution >= 4 is 6.16 Å². The molecule has 26 heavy (non-hydrogen) atoms. The summed E-state index contributed by atoms with van der Waals surface area (Å²) in [5.74, 6) is 1.17. The van der Waals surface area contributed by atoms with Crippen LogP contribution in [-0.2, 0) is 0 Å². The molecule has 7 heteroatoms. The Morgan fingerprint density at radius 2 is 1.15 bits per heavy atom. The molecule has 0 aliphatic carbocycles. The van der Waals surface area contributed by atoms with Gasteiger partial charge in [-0.1, -0.05) is 27.7 Å². The Hall–Kier alpha value is -2.77. The lowest BCUT2D eigenvalue weighted by molar-refractivity contribution is -0.137. The molecule has 0 bridgehead atoms. The first-order chi connectivity index (χ1) is 12.3. The van der Waals surface area contributed by atoms with Gasteiger partial charge in [-0.3, -0.25) is 0 Å². The maximum atomic E-state index is 12.2. The van der Waals surface area contributed by atoms with Crippen LogP contribution < -0.4 is 19.2 Å². The molecule has 2 aromatic rings. The Labute approximate surface area is 151 Å². The van der Waals surface area contributed by atoms with E-state index in [1.54, 1.807) is 12.1 Å². The standard InChI is InChI=1S/C19H22O7/c1-11(2)15-9-13(25-21)5-7-17(15)23-19(20)24-18-8-6-14(26-22)10-16(18)12(3)4/h5-12,21-22H,1-4H3. The summed E-state index contributed by atoms with van der Waals surface area (Å²) in [5, 5.41) is 17.6. The molecule has 0 aliphatic heterocycles. The molecule has 7 nitrogen and oxygen atoms in total. The molecule has 0 saturated heterocycles. The lowest BCUT2D eigenvalue weighted by Gasteiger charge is -2.15. The molecule has 2 rings (SSSR count). The molecule has 0 unspecified atom stereocenters. The molecule has 0 fully saturated rings. The molecule has 0 radical (unpaired) electrons. The minimum Gasteiger partial charge on any atom is -0.394 e. The second-order valence-electron chi connectivity index (χ2n) is 6.35. The quantitative estimate of drug-likeness (QED) is 0.315. The van der Waals surface area contributed by atoms with Crippen molar-refractivity contribution in [3.63, 3.8) is 0 Å². The number of carbonyl (C=O) groups is 1. The number of ether oxygens (including phenoxy) is 2. The highest BCUT2D eigenvalue weighted by atomic mass is 17.1. The topological polar surface area (TPSA) is 94.5 Å². The second-order valence-corrected chi connectivity index (χ2v) is 6.35. The normalized spacial score (nSPS) is 10.8. The summed E-state index contributed by atoms with van der Waals surface area (Å²) in [4.78, 5) is 20.7. The SMILES string of the molecule is CC(C)c1cc(OO)ccc1OC(=O)Oc1ccc(OO)cc1C(C)C. The summed E-state index contributed by atoms with van der Waals surface area (Å²) in [7, 11) is 0. The molecule has 140 valence electrons. The summed E-state index contributed by atoms with van der Waals surface area (Å²) in [5.41, 5.74) is 1.36. The van der Waals surface area contributed by atoms with Gasteiger partial charge in [-0.15, -0.1) is 0 Å². The fourth-order valence-electron chi connectivity index (χ4n) is 2.46. The Morgan fingerprint density at radius 1 is 0.769 bits per heavy atom. The molecule has 0 aromatic heterocycles. The van der Waals surface area contributed by atoms with E-state index in [1.807, 2.05) is 27.7 Å². The Balaban J connectivity index is 2.22. The van der Waals surface area contributed by atoms with Gasteiger partial charge in [0, 0.05) is 11.1 Å². The number of rotatable bonds is 6. The van der Waals surface area contributed by atoms with Crippen molar-refractivity contribution in [2.75, 3.05) is 0 Å². The molecule has 0 spiro atoms. The Bertz CT molecular complexity index is 705. The van der Waals surface area contributed by atoms with Crippen LogP contribution >= 0.6 is 0 Å². The van der Waals surface area contributed by atoms with Crippen molar-refractivity contribution < 1.29 is 34.6 Å². The zero-order valence-corrected chi connectivity index (χ0v) is 15.1. The third-order valence-electron chi connectivity index (χ3n) is 3.80. The molecule has 2 N–H and O–H groups in total. The van der Waals surface area contributed by atoms with Crippen LogP contribution in [0.5, 0.6) is 23.0 Å². The maximum absolute atomic E-state index is 12.2. The maximum Gasteiger partial charge on any atom is 0.519 e. The lowest BCUT2D eigenvalue weighted by atomic mass is 10.0. The number of benzene rings is 2. The van der Waals surface area contributed by atoms with Crippen molar-refractivity contribution in [1.82, 2.24) is 0 Å². The minimum atomic E-state index is -0.899. The monoisotopic (exact) mass is 362 g/mol. The first kappa shape index (κ1) is 19.6. The van der Waals surface area contributed by atoms with Gasteiger partial charge in [0.2, 0.25) is 0 Å². The van der Waals surface area contributed by atoms with Gasteiger partial charge in [-0.25, -0.2) is 15.3 Å². The molecule has 0 amide bonds. The largest absolute Gasteiger partial charge is 0.519 e. The molecule has 2 aromatic carbocycles. The smallest absolute Gasteiger partial charge is 0.394 e. The molecular formula is C19H22O7. The van der Waals surface area contributed by atoms with Crippen LogP contribution in [0.3, 0.4) is 0 Å². The molecule has 0 atom stereocenters. The summed E-state index contributed by atoms with van der Waals surface area (Å²) in [6, 6.07) is 9.16. The number of hydrogen-bond donors (Lipinski definition) is 2. The summed E-state index contributed by atoms with van der Waals surface area (Å²) < 4.78 is 10.6. The van der Waals surface area contributed by atoms with Crippen LogP contribution in [0.4, 0.5) is 4.79 Å². The van der Waals surface area contributed by atoms with Crippen molar-refractivity contribution in [3.8, 4) is 23.0 Å². The highest BCUT2D eigenvalue weighted by Crippen LogP contribution is 2.33. The van der Waals surface area contributed by atoms with Crippen LogP contribution in [-0.4, -0.2) is 16.7 Å². The van der Waals surface area contributed by atoms with E-state index in [4.69, 9.17) is 20.0 Å². The van der Waals surface area contributed by atoms with E-state index in [1.165, 1.54) is 24.3 Å². The van der Waals surface area contributed by atoms with Crippen molar-refractivity contribution in [1.29, 1.82) is 0 Å². The van der Waals surface area contributed by atoms with Gasteiger partial charge in [-0.2, -0.15) is 0 Å². The van der Waals surface area contributed by atoms with Gasteiger partial charge in [0.25, 0.3) is 0 Å². The van der Waals surface area contributed by atoms with E-state index in [9.17, 15) is 4.79 Å². The predicted molar refractivity (Wildman–Crippen MR) is 94.2 cm³/mol. The highest BCUT2D eigenvalue weighted by molar-refractivity contribution is 5.69. The van der Waals surface area contributed by atoms with Gasteiger partial charge in [0.15, 0.2) is 11.5 Å². The lowest BCUT2D eigenvalue weighted by Crippen LogP contribution is -2.16. The zero-order chi connectivity index (χ0) is 19.3. The minimum absolute atomic E-state index is 0.0279. The van der Waals surface area contributed by atoms with E-state index in [0.717, 1.165) is 0 Å². The van der Waals surface area contributed by atoms with Gasteiger partial charge in [0.05, 0.1) is 0 Å². The van der Waals surface area contributed by atoms with E-state index in [2.05, 4.69) is 9.78 Å². The Morgan fingerprint density at radius 3 is 1.46 bits per heavy atom. The molecule has 0 aliphatic rings. The van der Waals surface area contributed by atoms with Crippen LogP contribution in [0.15, 0.2) is 36.4 Å². The second kappa shape index (κ2) is 8.55. The van der Waals surface area contributed by atoms with E-state index in [0.29, 0.717) is 22.6 Å². The van der Waals surface area contributed by atoms with Crippen LogP contribution in [0.2, 0.25) is 0 Å². The molecule has 0 saturated carbocycles. The van der Waals surface area contributed by atoms with Crippen molar-refractivity contribution in [3.05, 3.63) is 47.5 Å². The van der Waals surface area contributed by atoms with Crippen molar-refractivity contribution in [2.24, 2.45) is 0 Å². The number of hydrogen-bond acceptors (Lipinski definition) is 7. The van der Waals surface area contributed by atoms with Gasteiger partial charge in [-0.05, 0) is 48.2 Å². The van der Waals surface area contributed by atoms with E-state index < -0.39 is 6.16 Å². The average Bonchev–Trinajstić information content (AvgIpc) is 2.61. The summed E-state index contributed by atoms with van der Waals surface area (Å²) in [6.45, 7) is 7.66. The fourth-order valence-corrected chi connectivity index (χ4v) is 2.46. The fraction of sp³-hybridized carbons (Fsp3) is 0.316. The average molecular weight is 362 g/mol. The zero-order valence-electron chi connectivity index (χ0n) is 15.1. The molecule has 0 heterocycles. The van der Waals surface area contributed by atoms with Crippen molar-refractivity contribution in [2.45, 2.75) is 39.5 Å².